The fraction of sp³-hybridized carbons (Fsp3) is 0.318. The van der Waals surface area contributed by atoms with Crippen molar-refractivity contribution in [1.29, 1.82) is 0 Å². The molecule has 1 aliphatic heterocycles. The number of carbonyl (C=O) groups is 1. The van der Waals surface area contributed by atoms with Crippen LogP contribution in [0.3, 0.4) is 0 Å². The number of hydrogen-bond acceptors (Lipinski definition) is 5. The molecule has 29 heavy (non-hydrogen) atoms. The first kappa shape index (κ1) is 19.3. The van der Waals surface area contributed by atoms with Gasteiger partial charge in [0.2, 0.25) is 0 Å². The number of aliphatic hydroxyl groups excluding tert-OH is 1. The van der Waals surface area contributed by atoms with Gasteiger partial charge in [-0.3, -0.25) is 9.78 Å². The molecule has 0 unspecified atom stereocenters. The van der Waals surface area contributed by atoms with Crippen molar-refractivity contribution < 1.29 is 14.6 Å². The van der Waals surface area contributed by atoms with Gasteiger partial charge in [-0.2, -0.15) is 5.10 Å². The maximum atomic E-state index is 12.6. The number of ether oxygens (including phenoxy) is 1. The monoisotopic (exact) mass is 392 g/mol. The lowest BCUT2D eigenvalue weighted by molar-refractivity contribution is -0.0261. The minimum absolute atomic E-state index is 0.242. The van der Waals surface area contributed by atoms with Crippen LogP contribution in [-0.4, -0.2) is 51.1 Å². The van der Waals surface area contributed by atoms with E-state index in [4.69, 9.17) is 4.74 Å². The molecule has 7 nitrogen and oxygen atoms in total. The van der Waals surface area contributed by atoms with Crippen molar-refractivity contribution in [3.05, 3.63) is 77.4 Å². The molecule has 1 saturated heterocycles. The molecule has 4 rings (SSSR count). The zero-order valence-corrected chi connectivity index (χ0v) is 16.3. The maximum Gasteiger partial charge on any atom is 0.270 e. The SMILES string of the molecule is Cc1cnc(C(=O)N[C@@H]2CCOC[C@H]2O)cc1Cc1ccc(-n2cccn2)cc1. The molecule has 2 atom stereocenters. The molecular formula is C22H24N4O3. The van der Waals surface area contributed by atoms with E-state index in [1.54, 1.807) is 12.4 Å². The van der Waals surface area contributed by atoms with E-state index in [0.717, 1.165) is 22.4 Å². The predicted molar refractivity (Wildman–Crippen MR) is 108 cm³/mol. The van der Waals surface area contributed by atoms with Crippen LogP contribution >= 0.6 is 0 Å². The normalized spacial score (nSPS) is 19.1. The van der Waals surface area contributed by atoms with E-state index in [2.05, 4.69) is 27.5 Å². The van der Waals surface area contributed by atoms with Crippen LogP contribution in [0.4, 0.5) is 0 Å². The van der Waals surface area contributed by atoms with Gasteiger partial charge in [0, 0.05) is 25.2 Å². The lowest BCUT2D eigenvalue weighted by atomic mass is 10.0. The predicted octanol–water partition coefficient (Wildman–Crippen LogP) is 2.05. The Labute approximate surface area is 169 Å². The van der Waals surface area contributed by atoms with Crippen LogP contribution < -0.4 is 5.32 Å². The van der Waals surface area contributed by atoms with Crippen LogP contribution in [0.5, 0.6) is 0 Å². The largest absolute Gasteiger partial charge is 0.389 e. The van der Waals surface area contributed by atoms with Crippen LogP contribution in [0, 0.1) is 6.92 Å². The Balaban J connectivity index is 1.47. The van der Waals surface area contributed by atoms with Crippen molar-refractivity contribution in [2.45, 2.75) is 31.9 Å². The quantitative estimate of drug-likeness (QED) is 0.694. The van der Waals surface area contributed by atoms with E-state index in [9.17, 15) is 9.90 Å². The second-order valence-corrected chi connectivity index (χ2v) is 7.30. The molecule has 0 aliphatic carbocycles. The Morgan fingerprint density at radius 2 is 2.17 bits per heavy atom. The average molecular weight is 392 g/mol. The van der Waals surface area contributed by atoms with Gasteiger partial charge in [0.15, 0.2) is 0 Å². The van der Waals surface area contributed by atoms with Gasteiger partial charge in [-0.05, 0) is 60.7 Å². The lowest BCUT2D eigenvalue weighted by Gasteiger charge is -2.28. The number of amides is 1. The topological polar surface area (TPSA) is 89.3 Å². The summed E-state index contributed by atoms with van der Waals surface area (Å²) in [6, 6.07) is 11.6. The molecular weight excluding hydrogens is 368 g/mol. The first-order valence-electron chi connectivity index (χ1n) is 9.71. The van der Waals surface area contributed by atoms with E-state index in [1.807, 2.05) is 42.1 Å². The molecule has 3 heterocycles. The third kappa shape index (κ3) is 4.52. The fourth-order valence-corrected chi connectivity index (χ4v) is 3.42. The summed E-state index contributed by atoms with van der Waals surface area (Å²) in [5.74, 6) is -0.272. The van der Waals surface area contributed by atoms with Crippen molar-refractivity contribution in [2.75, 3.05) is 13.2 Å². The summed E-state index contributed by atoms with van der Waals surface area (Å²) in [5.41, 5.74) is 4.58. The van der Waals surface area contributed by atoms with Gasteiger partial charge in [0.1, 0.15) is 5.69 Å². The van der Waals surface area contributed by atoms with Crippen LogP contribution in [-0.2, 0) is 11.2 Å². The molecule has 0 bridgehead atoms. The second kappa shape index (κ2) is 8.55. The van der Waals surface area contributed by atoms with E-state index in [0.29, 0.717) is 25.1 Å². The third-order valence-electron chi connectivity index (χ3n) is 5.19. The third-order valence-corrected chi connectivity index (χ3v) is 5.19. The Morgan fingerprint density at radius 3 is 2.90 bits per heavy atom. The van der Waals surface area contributed by atoms with Gasteiger partial charge < -0.3 is 15.2 Å². The molecule has 0 saturated carbocycles. The number of aryl methyl sites for hydroxylation is 1. The minimum atomic E-state index is -0.689. The molecule has 2 N–H and O–H groups in total. The summed E-state index contributed by atoms with van der Waals surface area (Å²) in [6.45, 7) is 2.76. The number of aromatic nitrogens is 3. The number of hydrogen-bond donors (Lipinski definition) is 2. The number of carbonyl (C=O) groups excluding carboxylic acids is 1. The summed E-state index contributed by atoms with van der Waals surface area (Å²) >= 11 is 0. The summed E-state index contributed by atoms with van der Waals surface area (Å²) in [5, 5.41) is 17.1. The van der Waals surface area contributed by atoms with Gasteiger partial charge in [0.05, 0.1) is 24.4 Å². The highest BCUT2D eigenvalue weighted by Gasteiger charge is 2.26. The van der Waals surface area contributed by atoms with E-state index in [-0.39, 0.29) is 18.6 Å². The first-order chi connectivity index (χ1) is 14.1. The standard InChI is InChI=1S/C22H24N4O3/c1-15-13-23-20(22(28)25-19-7-10-29-14-21(19)27)12-17(15)11-16-3-5-18(6-4-16)26-9-2-8-24-26/h2-6,8-9,12-13,19,21,27H,7,10-11,14H2,1H3,(H,25,28)/t19-,21-/m1/s1. The van der Waals surface area contributed by atoms with Crippen LogP contribution in [0.1, 0.15) is 33.6 Å². The molecule has 3 aromatic rings. The number of pyridine rings is 1. The molecule has 0 spiro atoms. The molecule has 7 heteroatoms. The van der Waals surface area contributed by atoms with Gasteiger partial charge >= 0.3 is 0 Å². The van der Waals surface area contributed by atoms with Crippen molar-refractivity contribution in [3.63, 3.8) is 0 Å². The highest BCUT2D eigenvalue weighted by Crippen LogP contribution is 2.17. The average Bonchev–Trinajstić information content (AvgIpc) is 3.27. The summed E-state index contributed by atoms with van der Waals surface area (Å²) in [4.78, 5) is 16.9. The van der Waals surface area contributed by atoms with Crippen molar-refractivity contribution in [2.24, 2.45) is 0 Å². The molecule has 150 valence electrons. The Kier molecular flexibility index (Phi) is 5.69. The molecule has 1 aliphatic rings. The number of benzene rings is 1. The van der Waals surface area contributed by atoms with E-state index < -0.39 is 6.10 Å². The molecule has 1 aromatic carbocycles. The number of nitrogens with one attached hydrogen (secondary N) is 1. The molecule has 1 fully saturated rings. The fourth-order valence-electron chi connectivity index (χ4n) is 3.42. The Morgan fingerprint density at radius 1 is 1.34 bits per heavy atom. The van der Waals surface area contributed by atoms with Crippen molar-refractivity contribution >= 4 is 5.91 Å². The smallest absolute Gasteiger partial charge is 0.270 e. The van der Waals surface area contributed by atoms with E-state index >= 15 is 0 Å². The first-order valence-corrected chi connectivity index (χ1v) is 9.71. The molecule has 0 radical (unpaired) electrons. The highest BCUT2D eigenvalue weighted by molar-refractivity contribution is 5.92. The van der Waals surface area contributed by atoms with E-state index in [1.165, 1.54) is 0 Å². The van der Waals surface area contributed by atoms with Crippen molar-refractivity contribution in [3.8, 4) is 5.69 Å². The van der Waals surface area contributed by atoms with Crippen LogP contribution in [0.2, 0.25) is 0 Å². The zero-order valence-electron chi connectivity index (χ0n) is 16.3. The van der Waals surface area contributed by atoms with Gasteiger partial charge in [0.25, 0.3) is 5.91 Å². The molecule has 2 aromatic heterocycles. The maximum absolute atomic E-state index is 12.6. The highest BCUT2D eigenvalue weighted by atomic mass is 16.5. The number of aliphatic hydroxyl groups is 1. The van der Waals surface area contributed by atoms with Crippen LogP contribution in [0.15, 0.2) is 55.0 Å². The Bertz CT molecular complexity index is 970. The summed E-state index contributed by atoms with van der Waals surface area (Å²) < 4.78 is 7.02. The lowest BCUT2D eigenvalue weighted by Crippen LogP contribution is -2.48. The summed E-state index contributed by atoms with van der Waals surface area (Å²) in [7, 11) is 0. The van der Waals surface area contributed by atoms with Crippen LogP contribution in [0.25, 0.3) is 5.69 Å². The van der Waals surface area contributed by atoms with Gasteiger partial charge in [-0.25, -0.2) is 4.68 Å². The van der Waals surface area contributed by atoms with Crippen molar-refractivity contribution in [1.82, 2.24) is 20.1 Å². The van der Waals surface area contributed by atoms with Gasteiger partial charge in [-0.1, -0.05) is 12.1 Å². The van der Waals surface area contributed by atoms with Gasteiger partial charge in [-0.15, -0.1) is 0 Å². The number of rotatable bonds is 5. The molecule has 1 amide bonds. The zero-order chi connectivity index (χ0) is 20.2. The Hall–Kier alpha value is -3.03. The second-order valence-electron chi connectivity index (χ2n) is 7.30. The number of nitrogens with zero attached hydrogens (tertiary/aromatic N) is 3. The summed E-state index contributed by atoms with van der Waals surface area (Å²) in [6.07, 6.45) is 5.98. The minimum Gasteiger partial charge on any atom is -0.389 e.